The molecule has 0 amide bonds. The van der Waals surface area contributed by atoms with E-state index in [9.17, 15) is 9.59 Å². The van der Waals surface area contributed by atoms with Gasteiger partial charge in [0.05, 0.1) is 7.11 Å². The minimum Gasteiger partial charge on any atom is -0.468 e. The van der Waals surface area contributed by atoms with Gasteiger partial charge in [-0.1, -0.05) is 30.4 Å². The van der Waals surface area contributed by atoms with E-state index in [-0.39, 0.29) is 24.5 Å². The van der Waals surface area contributed by atoms with Crippen molar-refractivity contribution in [3.05, 3.63) is 50.1 Å². The summed E-state index contributed by atoms with van der Waals surface area (Å²) in [4.78, 5) is 26.3. The lowest BCUT2D eigenvalue weighted by molar-refractivity contribution is -0.162. The lowest BCUT2D eigenvalue weighted by Gasteiger charge is -2.41. The molecule has 0 heterocycles. The fourth-order valence-electron chi connectivity index (χ4n) is 4.49. The number of carbonyl (C=O) groups excluding carboxylic acids is 2. The Morgan fingerprint density at radius 1 is 1.22 bits per heavy atom. The van der Waals surface area contributed by atoms with Gasteiger partial charge in [-0.3, -0.25) is 9.59 Å². The van der Waals surface area contributed by atoms with Crippen molar-refractivity contribution in [2.75, 3.05) is 7.11 Å². The Hall–Kier alpha value is -1.90. The molecule has 3 unspecified atom stereocenters. The monoisotopic (exact) mass is 314 g/mol. The molecule has 124 valence electrons. The van der Waals surface area contributed by atoms with Crippen LogP contribution in [0.3, 0.4) is 0 Å². The highest BCUT2D eigenvalue weighted by molar-refractivity contribution is 6.07. The first-order chi connectivity index (χ1) is 11.0. The highest BCUT2D eigenvalue weighted by atomic mass is 16.5. The molecule has 1 fully saturated rings. The van der Waals surface area contributed by atoms with Gasteiger partial charge in [0.1, 0.15) is 5.41 Å². The van der Waals surface area contributed by atoms with Crippen molar-refractivity contribution in [2.45, 2.75) is 32.1 Å². The molecule has 0 aromatic heterocycles. The van der Waals surface area contributed by atoms with Crippen LogP contribution in [-0.4, -0.2) is 18.9 Å². The number of hydrogen-bond acceptors (Lipinski definition) is 3. The minimum atomic E-state index is -1.22. The van der Waals surface area contributed by atoms with Crippen LogP contribution >= 0.6 is 0 Å². The van der Waals surface area contributed by atoms with Crippen molar-refractivity contribution in [3.8, 4) is 0 Å². The maximum atomic E-state index is 13.7. The van der Waals surface area contributed by atoms with Gasteiger partial charge in [-0.2, -0.15) is 0 Å². The zero-order chi connectivity index (χ0) is 17.1. The molecule has 2 aliphatic rings. The number of allylic oxidation sites excluding steroid dienone is 5. The molecule has 3 atom stereocenters. The largest absolute Gasteiger partial charge is 0.468 e. The Kier molecular flexibility index (Phi) is 5.08. The van der Waals surface area contributed by atoms with Crippen LogP contribution in [0.5, 0.6) is 0 Å². The first-order valence-electron chi connectivity index (χ1n) is 8.15. The number of carbonyl (C=O) groups is 2. The van der Waals surface area contributed by atoms with E-state index in [0.29, 0.717) is 12.3 Å². The summed E-state index contributed by atoms with van der Waals surface area (Å²) >= 11 is 0. The van der Waals surface area contributed by atoms with E-state index in [2.05, 4.69) is 31.9 Å². The summed E-state index contributed by atoms with van der Waals surface area (Å²) in [6.07, 6.45) is 12.3. The smallest absolute Gasteiger partial charge is 0.320 e. The Morgan fingerprint density at radius 2 is 1.87 bits per heavy atom. The van der Waals surface area contributed by atoms with Crippen molar-refractivity contribution in [1.29, 1.82) is 0 Å². The summed E-state index contributed by atoms with van der Waals surface area (Å²) in [5.41, 5.74) is -1.78. The predicted molar refractivity (Wildman–Crippen MR) is 91.7 cm³/mol. The van der Waals surface area contributed by atoms with Gasteiger partial charge < -0.3 is 4.74 Å². The SMILES string of the molecule is C=CCC(CC=C)(C(=O)OC)C(=O)C1(CC=C)CC2C=CC1C2. The molecule has 2 aliphatic carbocycles. The number of ether oxygens (including phenoxy) is 1. The molecule has 1 saturated carbocycles. The quantitative estimate of drug-likeness (QED) is 0.367. The number of methoxy groups -OCH3 is 1. The predicted octanol–water partition coefficient (Wildman–Crippen LogP) is 4.03. The maximum Gasteiger partial charge on any atom is 0.320 e. The highest BCUT2D eigenvalue weighted by Crippen LogP contribution is 2.58. The van der Waals surface area contributed by atoms with E-state index in [1.165, 1.54) is 7.11 Å². The zero-order valence-corrected chi connectivity index (χ0v) is 13.9. The Morgan fingerprint density at radius 3 is 2.26 bits per heavy atom. The molecule has 3 nitrogen and oxygen atoms in total. The Balaban J connectivity index is 2.51. The molecule has 0 spiro atoms. The third-order valence-corrected chi connectivity index (χ3v) is 5.47. The number of esters is 1. The average Bonchev–Trinajstić information content (AvgIpc) is 3.14. The lowest BCUT2D eigenvalue weighted by Crippen LogP contribution is -2.50. The third kappa shape index (κ3) is 2.62. The van der Waals surface area contributed by atoms with E-state index in [1.807, 2.05) is 0 Å². The number of rotatable bonds is 9. The highest BCUT2D eigenvalue weighted by Gasteiger charge is 2.60. The molecule has 3 heteroatoms. The van der Waals surface area contributed by atoms with Gasteiger partial charge in [0.15, 0.2) is 5.78 Å². The second-order valence-corrected chi connectivity index (χ2v) is 6.73. The van der Waals surface area contributed by atoms with Crippen molar-refractivity contribution >= 4 is 11.8 Å². The summed E-state index contributed by atoms with van der Waals surface area (Å²) < 4.78 is 5.01. The Labute approximate surface area is 138 Å². The molecular formula is C20H26O3. The molecular weight excluding hydrogens is 288 g/mol. The van der Waals surface area contributed by atoms with Crippen molar-refractivity contribution in [2.24, 2.45) is 22.7 Å². The van der Waals surface area contributed by atoms with Gasteiger partial charge >= 0.3 is 5.97 Å². The van der Waals surface area contributed by atoms with Crippen LogP contribution in [-0.2, 0) is 14.3 Å². The average molecular weight is 314 g/mol. The van der Waals surface area contributed by atoms with Crippen LogP contribution in [0.15, 0.2) is 50.1 Å². The van der Waals surface area contributed by atoms with Crippen LogP contribution in [0.25, 0.3) is 0 Å². The molecule has 0 N–H and O–H groups in total. The van der Waals surface area contributed by atoms with Gasteiger partial charge in [-0.15, -0.1) is 19.7 Å². The number of fused-ring (bicyclic) bond motifs is 2. The Bertz CT molecular complexity index is 547. The van der Waals surface area contributed by atoms with E-state index in [0.717, 1.165) is 12.8 Å². The van der Waals surface area contributed by atoms with Crippen LogP contribution in [0.2, 0.25) is 0 Å². The van der Waals surface area contributed by atoms with Crippen LogP contribution in [0.1, 0.15) is 32.1 Å². The molecule has 0 aliphatic heterocycles. The summed E-state index contributed by atoms with van der Waals surface area (Å²) in [6.45, 7) is 11.3. The minimum absolute atomic E-state index is 0.0339. The standard InChI is InChI=1S/C20H26O3/c1-5-10-19(11-6-2,18(22)23-4)17(21)20(12-7-3)14-15-8-9-16(20)13-15/h5-9,15-16H,1-3,10-14H2,4H3. The van der Waals surface area contributed by atoms with Gasteiger partial charge in [0.2, 0.25) is 0 Å². The zero-order valence-electron chi connectivity index (χ0n) is 13.9. The number of hydrogen-bond donors (Lipinski definition) is 0. The lowest BCUT2D eigenvalue weighted by atomic mass is 9.60. The third-order valence-electron chi connectivity index (χ3n) is 5.47. The summed E-state index contributed by atoms with van der Waals surface area (Å²) in [6, 6.07) is 0. The van der Waals surface area contributed by atoms with Gasteiger partial charge in [-0.05, 0) is 43.9 Å². The maximum absolute atomic E-state index is 13.7. The van der Waals surface area contributed by atoms with E-state index >= 15 is 0 Å². The second kappa shape index (κ2) is 6.69. The molecule has 0 radical (unpaired) electrons. The molecule has 0 saturated heterocycles. The first kappa shape index (κ1) is 17.5. The fourth-order valence-corrected chi connectivity index (χ4v) is 4.49. The van der Waals surface area contributed by atoms with Crippen LogP contribution in [0.4, 0.5) is 0 Å². The summed E-state index contributed by atoms with van der Waals surface area (Å²) in [5, 5.41) is 0. The fraction of sp³-hybridized carbons (Fsp3) is 0.500. The number of Topliss-reactive ketones (excluding diaryl/α,β-unsaturated/α-hetero) is 1. The normalized spacial score (nSPS) is 28.4. The first-order valence-corrected chi connectivity index (χ1v) is 8.15. The summed E-state index contributed by atoms with van der Waals surface area (Å²) in [7, 11) is 1.33. The van der Waals surface area contributed by atoms with E-state index in [1.54, 1.807) is 18.2 Å². The molecule has 2 rings (SSSR count). The second-order valence-electron chi connectivity index (χ2n) is 6.73. The summed E-state index contributed by atoms with van der Waals surface area (Å²) in [5.74, 6) is 0.0780. The topological polar surface area (TPSA) is 43.4 Å². The molecule has 0 aromatic rings. The van der Waals surface area contributed by atoms with Gasteiger partial charge in [0, 0.05) is 5.41 Å². The van der Waals surface area contributed by atoms with Crippen LogP contribution in [0, 0.1) is 22.7 Å². The molecule has 23 heavy (non-hydrogen) atoms. The van der Waals surface area contributed by atoms with Gasteiger partial charge in [-0.25, -0.2) is 0 Å². The molecule has 0 aromatic carbocycles. The number of ketones is 1. The van der Waals surface area contributed by atoms with Crippen molar-refractivity contribution in [1.82, 2.24) is 0 Å². The van der Waals surface area contributed by atoms with Gasteiger partial charge in [0.25, 0.3) is 0 Å². The van der Waals surface area contributed by atoms with Crippen LogP contribution < -0.4 is 0 Å². The van der Waals surface area contributed by atoms with E-state index in [4.69, 9.17) is 4.74 Å². The van der Waals surface area contributed by atoms with Crippen molar-refractivity contribution < 1.29 is 14.3 Å². The van der Waals surface area contributed by atoms with Crippen molar-refractivity contribution in [3.63, 3.8) is 0 Å². The van der Waals surface area contributed by atoms with E-state index < -0.39 is 16.8 Å². The molecule has 2 bridgehead atoms.